The van der Waals surface area contributed by atoms with Gasteiger partial charge in [0.1, 0.15) is 13.2 Å². The monoisotopic (exact) mass is 444 g/mol. The Balaban J connectivity index is 1.57. The molecule has 0 saturated carbocycles. The van der Waals surface area contributed by atoms with Crippen LogP contribution in [-0.2, 0) is 14.3 Å². The standard InChI is InChI=1S/C23H21ClO5S/c1-15-7-9-18(10-8-15)30(25,26)28-14-17-13-27-21-12-11-20(24)22(23(21)29-17)19-6-4-3-5-16(19)2/h3-12,17H,13-14H2,1-2H3. The van der Waals surface area contributed by atoms with E-state index in [9.17, 15) is 8.42 Å². The molecule has 1 heterocycles. The summed E-state index contributed by atoms with van der Waals surface area (Å²) >= 11 is 6.50. The molecule has 1 unspecified atom stereocenters. The molecule has 0 N–H and O–H groups in total. The topological polar surface area (TPSA) is 61.8 Å². The molecule has 0 fully saturated rings. The van der Waals surface area contributed by atoms with Crippen LogP contribution in [0.25, 0.3) is 11.1 Å². The Labute approximate surface area is 181 Å². The van der Waals surface area contributed by atoms with E-state index in [2.05, 4.69) is 0 Å². The number of hydrogen-bond acceptors (Lipinski definition) is 5. The van der Waals surface area contributed by atoms with Gasteiger partial charge >= 0.3 is 0 Å². The largest absolute Gasteiger partial charge is 0.486 e. The molecule has 5 nitrogen and oxygen atoms in total. The second kappa shape index (κ2) is 8.30. The van der Waals surface area contributed by atoms with Crippen LogP contribution < -0.4 is 9.47 Å². The number of benzene rings is 3. The van der Waals surface area contributed by atoms with Gasteiger partial charge in [0.15, 0.2) is 17.6 Å². The summed E-state index contributed by atoms with van der Waals surface area (Å²) in [7, 11) is -3.89. The number of rotatable bonds is 5. The molecule has 3 aromatic rings. The SMILES string of the molecule is Cc1ccc(S(=O)(=O)OCC2COc3ccc(Cl)c(-c4ccccc4C)c3O2)cc1. The normalized spacial score (nSPS) is 15.8. The molecule has 1 atom stereocenters. The Morgan fingerprint density at radius 3 is 2.50 bits per heavy atom. The Kier molecular flexibility index (Phi) is 5.73. The van der Waals surface area contributed by atoms with Crippen LogP contribution in [0, 0.1) is 13.8 Å². The molecular weight excluding hydrogens is 424 g/mol. The van der Waals surface area contributed by atoms with Gasteiger partial charge in [-0.3, -0.25) is 4.18 Å². The van der Waals surface area contributed by atoms with Crippen LogP contribution in [0.1, 0.15) is 11.1 Å². The maximum atomic E-state index is 12.5. The van der Waals surface area contributed by atoms with Crippen molar-refractivity contribution in [2.24, 2.45) is 0 Å². The Morgan fingerprint density at radius 2 is 1.77 bits per heavy atom. The number of aryl methyl sites for hydroxylation is 2. The van der Waals surface area contributed by atoms with E-state index < -0.39 is 16.2 Å². The quantitative estimate of drug-likeness (QED) is 0.508. The summed E-state index contributed by atoms with van der Waals surface area (Å²) in [5.74, 6) is 1.06. The fraction of sp³-hybridized carbons (Fsp3) is 0.217. The third-order valence-corrected chi connectivity index (χ3v) is 6.52. The minimum Gasteiger partial charge on any atom is -0.486 e. The number of fused-ring (bicyclic) bond motifs is 1. The summed E-state index contributed by atoms with van der Waals surface area (Å²) in [6, 6.07) is 17.8. The lowest BCUT2D eigenvalue weighted by molar-refractivity contribution is 0.0561. The van der Waals surface area contributed by atoms with Crippen molar-refractivity contribution in [1.82, 2.24) is 0 Å². The van der Waals surface area contributed by atoms with Crippen LogP contribution >= 0.6 is 11.6 Å². The van der Waals surface area contributed by atoms with E-state index in [0.29, 0.717) is 16.5 Å². The van der Waals surface area contributed by atoms with Gasteiger partial charge in [-0.15, -0.1) is 0 Å². The van der Waals surface area contributed by atoms with Crippen molar-refractivity contribution in [3.63, 3.8) is 0 Å². The predicted molar refractivity (Wildman–Crippen MR) is 116 cm³/mol. The molecule has 4 rings (SSSR count). The van der Waals surface area contributed by atoms with Gasteiger partial charge in [0.2, 0.25) is 0 Å². The summed E-state index contributed by atoms with van der Waals surface area (Å²) in [6.45, 7) is 3.88. The molecule has 0 spiro atoms. The van der Waals surface area contributed by atoms with Gasteiger partial charge in [-0.25, -0.2) is 0 Å². The zero-order chi connectivity index (χ0) is 21.3. The average Bonchev–Trinajstić information content (AvgIpc) is 2.73. The van der Waals surface area contributed by atoms with Crippen LogP contribution in [0.15, 0.2) is 65.6 Å². The van der Waals surface area contributed by atoms with Crippen molar-refractivity contribution in [2.45, 2.75) is 24.8 Å². The molecule has 30 heavy (non-hydrogen) atoms. The zero-order valence-electron chi connectivity index (χ0n) is 16.6. The molecule has 7 heteroatoms. The lowest BCUT2D eigenvalue weighted by Gasteiger charge is -2.28. The highest BCUT2D eigenvalue weighted by Gasteiger charge is 2.28. The Morgan fingerprint density at radius 1 is 1.03 bits per heavy atom. The first-order valence-corrected chi connectivity index (χ1v) is 11.3. The molecule has 0 radical (unpaired) electrons. The van der Waals surface area contributed by atoms with Crippen LogP contribution in [-0.4, -0.2) is 27.7 Å². The van der Waals surface area contributed by atoms with E-state index in [-0.39, 0.29) is 18.1 Å². The minimum atomic E-state index is -3.89. The zero-order valence-corrected chi connectivity index (χ0v) is 18.2. The molecule has 0 amide bonds. The maximum absolute atomic E-state index is 12.5. The highest BCUT2D eigenvalue weighted by molar-refractivity contribution is 7.86. The lowest BCUT2D eigenvalue weighted by atomic mass is 9.99. The van der Waals surface area contributed by atoms with Gasteiger partial charge < -0.3 is 9.47 Å². The van der Waals surface area contributed by atoms with E-state index in [1.165, 1.54) is 12.1 Å². The third-order valence-electron chi connectivity index (χ3n) is 4.91. The van der Waals surface area contributed by atoms with Crippen molar-refractivity contribution >= 4 is 21.7 Å². The van der Waals surface area contributed by atoms with Gasteiger partial charge in [-0.2, -0.15) is 8.42 Å². The molecule has 0 bridgehead atoms. The fourth-order valence-electron chi connectivity index (χ4n) is 3.28. The lowest BCUT2D eigenvalue weighted by Crippen LogP contribution is -2.34. The van der Waals surface area contributed by atoms with Crippen LogP contribution in [0.4, 0.5) is 0 Å². The van der Waals surface area contributed by atoms with E-state index in [1.807, 2.05) is 38.1 Å². The van der Waals surface area contributed by atoms with Crippen LogP contribution in [0.5, 0.6) is 11.5 Å². The molecular formula is C23H21ClO5S. The van der Waals surface area contributed by atoms with Crippen molar-refractivity contribution in [1.29, 1.82) is 0 Å². The first-order valence-electron chi connectivity index (χ1n) is 9.49. The van der Waals surface area contributed by atoms with E-state index in [0.717, 1.165) is 22.3 Å². The molecule has 156 valence electrons. The maximum Gasteiger partial charge on any atom is 0.297 e. The van der Waals surface area contributed by atoms with E-state index >= 15 is 0 Å². The highest BCUT2D eigenvalue weighted by Crippen LogP contribution is 2.46. The van der Waals surface area contributed by atoms with E-state index in [4.69, 9.17) is 25.3 Å². The van der Waals surface area contributed by atoms with Crippen molar-refractivity contribution < 1.29 is 22.1 Å². The second-order valence-corrected chi connectivity index (χ2v) is 9.19. The fourth-order valence-corrected chi connectivity index (χ4v) is 4.47. The van der Waals surface area contributed by atoms with Gasteiger partial charge in [0.25, 0.3) is 10.1 Å². The number of halogens is 1. The van der Waals surface area contributed by atoms with Crippen molar-refractivity contribution in [3.05, 3.63) is 76.8 Å². The minimum absolute atomic E-state index is 0.105. The first kappa shape index (κ1) is 20.7. The third kappa shape index (κ3) is 4.17. The first-order chi connectivity index (χ1) is 14.3. The summed E-state index contributed by atoms with van der Waals surface area (Å²) in [5.41, 5.74) is 3.65. The van der Waals surface area contributed by atoms with Crippen LogP contribution in [0.3, 0.4) is 0 Å². The summed E-state index contributed by atoms with van der Waals surface area (Å²) in [5, 5.41) is 0.528. The molecule has 3 aromatic carbocycles. The summed E-state index contributed by atoms with van der Waals surface area (Å²) < 4.78 is 42.1. The van der Waals surface area contributed by atoms with Gasteiger partial charge in [0, 0.05) is 5.56 Å². The molecule has 0 aromatic heterocycles. The Hall–Kier alpha value is -2.54. The van der Waals surface area contributed by atoms with Crippen molar-refractivity contribution in [3.8, 4) is 22.6 Å². The van der Waals surface area contributed by atoms with Gasteiger partial charge in [-0.05, 0) is 49.2 Å². The molecule has 0 aliphatic carbocycles. The summed E-state index contributed by atoms with van der Waals surface area (Å²) in [4.78, 5) is 0.105. The molecule has 0 saturated heterocycles. The number of ether oxygens (including phenoxy) is 2. The second-order valence-electron chi connectivity index (χ2n) is 7.17. The highest BCUT2D eigenvalue weighted by atomic mass is 35.5. The van der Waals surface area contributed by atoms with Gasteiger partial charge in [-0.1, -0.05) is 53.6 Å². The predicted octanol–water partition coefficient (Wildman–Crippen LogP) is 5.17. The van der Waals surface area contributed by atoms with E-state index in [1.54, 1.807) is 24.3 Å². The smallest absolute Gasteiger partial charge is 0.297 e. The van der Waals surface area contributed by atoms with Gasteiger partial charge in [0.05, 0.1) is 9.92 Å². The number of hydrogen-bond donors (Lipinski definition) is 0. The van der Waals surface area contributed by atoms with Crippen LogP contribution in [0.2, 0.25) is 5.02 Å². The van der Waals surface area contributed by atoms with Crippen molar-refractivity contribution in [2.75, 3.05) is 13.2 Å². The molecule has 1 aliphatic heterocycles. The molecule has 1 aliphatic rings. The Bertz CT molecular complexity index is 1170. The average molecular weight is 445 g/mol. The summed E-state index contributed by atoms with van der Waals surface area (Å²) in [6.07, 6.45) is -0.598.